The normalized spacial score (nSPS) is 11.6. The number of para-hydroxylation sites is 10. The summed E-state index contributed by atoms with van der Waals surface area (Å²) in [5.74, 6) is 3.69. The van der Waals surface area contributed by atoms with Crippen LogP contribution in [0.3, 0.4) is 0 Å². The van der Waals surface area contributed by atoms with Crippen LogP contribution in [0.1, 0.15) is 0 Å². The Bertz CT molecular complexity index is 4990. The van der Waals surface area contributed by atoms with E-state index >= 15 is 0 Å². The second-order valence-corrected chi connectivity index (χ2v) is 20.0. The van der Waals surface area contributed by atoms with Gasteiger partial charge in [0.25, 0.3) is 0 Å². The second kappa shape index (κ2) is 18.5. The van der Waals surface area contributed by atoms with Gasteiger partial charge in [0.2, 0.25) is 0 Å². The fourth-order valence-electron chi connectivity index (χ4n) is 10.9. The summed E-state index contributed by atoms with van der Waals surface area (Å²) in [6.07, 6.45) is 0. The summed E-state index contributed by atoms with van der Waals surface area (Å²) in [5.41, 5.74) is 14.6. The van der Waals surface area contributed by atoms with Crippen LogP contribution in [0.5, 0.6) is 17.2 Å². The predicted octanol–water partition coefficient (Wildman–Crippen LogP) is 16.6. The summed E-state index contributed by atoms with van der Waals surface area (Å²) in [7, 11) is 4.09. The summed E-state index contributed by atoms with van der Waals surface area (Å²) in [6.45, 7) is 0. The average molecular weight is 1060 g/mol. The van der Waals surface area contributed by atoms with Crippen LogP contribution in [0.4, 0.5) is 0 Å². The molecule has 0 bridgehead atoms. The van der Waals surface area contributed by atoms with Crippen LogP contribution in [0.25, 0.3) is 122 Å². The zero-order valence-electron chi connectivity index (χ0n) is 41.8. The lowest BCUT2D eigenvalue weighted by Crippen LogP contribution is -1.94. The molecule has 0 saturated heterocycles. The Morgan fingerprint density at radius 2 is 0.779 bits per heavy atom. The quantitative estimate of drug-likeness (QED) is 0.176. The lowest BCUT2D eigenvalue weighted by atomic mass is 10.1. The molecule has 0 unspecified atom stereocenters. The fraction of sp³-hybridized carbons (Fsp3) is 0.0303. The van der Waals surface area contributed by atoms with Gasteiger partial charge in [-0.15, -0.1) is 0 Å². The molecule has 0 aliphatic rings. The van der Waals surface area contributed by atoms with Crippen molar-refractivity contribution in [3.05, 3.63) is 235 Å². The Kier molecular flexibility index (Phi) is 11.0. The SMILES string of the molecule is Cn1c(-c2cccc(Br)c2)nc2ccccc21.Cn1c(-c2cccc(Oc3ccc4c5ccccc5n5c6ccccc6nc5c4c3)c2)nc2ccccc21.Oc1ccc2c3ccccc3n3c4ccccc4nc3c2c1. The molecule has 10 nitrogen and oxygen atoms in total. The Hall–Kier alpha value is -9.84. The molecule has 0 saturated carbocycles. The minimum Gasteiger partial charge on any atom is -0.508 e. The summed E-state index contributed by atoms with van der Waals surface area (Å²) in [4.78, 5) is 19.3. The fourth-order valence-corrected chi connectivity index (χ4v) is 11.3. The number of aryl methyl sites for hydroxylation is 2. The van der Waals surface area contributed by atoms with E-state index < -0.39 is 0 Å². The Morgan fingerprint density at radius 3 is 1.31 bits per heavy atom. The van der Waals surface area contributed by atoms with Crippen LogP contribution in [0.2, 0.25) is 0 Å². The highest BCUT2D eigenvalue weighted by Gasteiger charge is 2.17. The van der Waals surface area contributed by atoms with E-state index in [0.29, 0.717) is 0 Å². The summed E-state index contributed by atoms with van der Waals surface area (Å²) in [6, 6.07) is 77.7. The van der Waals surface area contributed by atoms with Crippen LogP contribution >= 0.6 is 15.9 Å². The van der Waals surface area contributed by atoms with E-state index in [4.69, 9.17) is 19.7 Å². The zero-order chi connectivity index (χ0) is 51.7. The van der Waals surface area contributed by atoms with Gasteiger partial charge in [-0.2, -0.15) is 0 Å². The lowest BCUT2D eigenvalue weighted by molar-refractivity contribution is 0.476. The second-order valence-electron chi connectivity index (χ2n) is 19.1. The third-order valence-corrected chi connectivity index (χ3v) is 14.9. The number of halogens is 1. The van der Waals surface area contributed by atoms with Gasteiger partial charge in [0.1, 0.15) is 40.2 Å². The first kappa shape index (κ1) is 45.7. The molecule has 0 atom stereocenters. The number of hydrogen-bond acceptors (Lipinski definition) is 6. The maximum atomic E-state index is 9.90. The number of ether oxygens (including phenoxy) is 1. The van der Waals surface area contributed by atoms with Crippen molar-refractivity contribution in [1.82, 2.24) is 37.9 Å². The van der Waals surface area contributed by atoms with Crippen molar-refractivity contribution >= 4 is 115 Å². The molecule has 0 aliphatic heterocycles. The van der Waals surface area contributed by atoms with Crippen molar-refractivity contribution < 1.29 is 9.84 Å². The van der Waals surface area contributed by atoms with Crippen LogP contribution in [0, 0.1) is 0 Å². The van der Waals surface area contributed by atoms with Crippen LogP contribution in [-0.4, -0.2) is 43.0 Å². The number of imidazole rings is 4. The van der Waals surface area contributed by atoms with Crippen molar-refractivity contribution in [2.45, 2.75) is 0 Å². The third-order valence-electron chi connectivity index (χ3n) is 14.5. The van der Waals surface area contributed by atoms with E-state index in [1.807, 2.05) is 129 Å². The van der Waals surface area contributed by atoms with Crippen LogP contribution in [-0.2, 0) is 14.1 Å². The molecule has 16 rings (SSSR count). The molecular weight excluding hydrogens is 1020 g/mol. The number of rotatable bonds is 4. The molecular formula is C66H45BrN8O2. The van der Waals surface area contributed by atoms with Gasteiger partial charge in [0, 0.05) is 51.2 Å². The standard InChI is InChI=1S/C33H22N4O.C19H12N2O.C14H11BrN2/c1-36-30-15-6-3-12-27(30)34-32(36)21-9-8-10-22(19-21)38-23-17-18-24-25-11-2-5-14-29(25)37-31-16-7-4-13-28(31)35-33(37)26(24)20-23;22-12-9-10-13-14-5-1-3-7-17(14)21-18-8-4-2-6-16(18)20-19(21)15(13)11-12;1-17-13-8-3-2-7-12(13)16-14(17)10-5-4-6-11(15)9-10/h2-20H,1H3;1-11,22H;2-9H,1H3. The largest absolute Gasteiger partial charge is 0.508 e. The Morgan fingerprint density at radius 1 is 0.351 bits per heavy atom. The van der Waals surface area contributed by atoms with E-state index in [1.54, 1.807) is 12.1 Å². The number of hydrogen-bond donors (Lipinski definition) is 1. The molecule has 0 spiro atoms. The molecule has 1 N–H and O–H groups in total. The topological polar surface area (TPSA) is 99.7 Å². The number of pyridine rings is 2. The third kappa shape index (κ3) is 7.86. The number of phenols is 1. The highest BCUT2D eigenvalue weighted by Crippen LogP contribution is 2.38. The molecule has 10 aromatic carbocycles. The molecule has 368 valence electrons. The molecule has 0 radical (unpaired) electrons. The summed E-state index contributed by atoms with van der Waals surface area (Å²) in [5, 5.41) is 16.5. The Labute approximate surface area is 449 Å². The van der Waals surface area contributed by atoms with Gasteiger partial charge in [-0.05, 0) is 132 Å². The molecule has 0 aliphatic carbocycles. The van der Waals surface area contributed by atoms with Crippen molar-refractivity contribution in [3.63, 3.8) is 0 Å². The van der Waals surface area contributed by atoms with Gasteiger partial charge in [0.15, 0.2) is 0 Å². The van der Waals surface area contributed by atoms with Crippen molar-refractivity contribution in [1.29, 1.82) is 0 Å². The van der Waals surface area contributed by atoms with Crippen molar-refractivity contribution in [3.8, 4) is 40.0 Å². The van der Waals surface area contributed by atoms with Gasteiger partial charge in [-0.3, -0.25) is 8.80 Å². The Balaban J connectivity index is 0.000000117. The number of aromatic hydroxyl groups is 1. The van der Waals surface area contributed by atoms with Crippen LogP contribution < -0.4 is 4.74 Å². The van der Waals surface area contributed by atoms with Crippen molar-refractivity contribution in [2.75, 3.05) is 0 Å². The van der Waals surface area contributed by atoms with E-state index in [9.17, 15) is 5.11 Å². The number of fused-ring (bicyclic) bond motifs is 18. The maximum absolute atomic E-state index is 9.90. The molecule has 0 amide bonds. The van der Waals surface area contributed by atoms with Gasteiger partial charge >= 0.3 is 0 Å². The minimum atomic E-state index is 0.261. The highest BCUT2D eigenvalue weighted by atomic mass is 79.9. The molecule has 6 aromatic heterocycles. The minimum absolute atomic E-state index is 0.261. The van der Waals surface area contributed by atoms with Gasteiger partial charge in [0.05, 0.1) is 55.2 Å². The molecule has 0 fully saturated rings. The lowest BCUT2D eigenvalue weighted by Gasteiger charge is -2.12. The van der Waals surface area contributed by atoms with Gasteiger partial charge < -0.3 is 19.0 Å². The maximum Gasteiger partial charge on any atom is 0.146 e. The number of nitrogens with zero attached hydrogens (tertiary/aromatic N) is 8. The number of phenolic OH excluding ortho intramolecular Hbond substituents is 1. The van der Waals surface area contributed by atoms with Crippen molar-refractivity contribution in [2.24, 2.45) is 14.1 Å². The number of benzene rings is 10. The molecule has 6 heterocycles. The smallest absolute Gasteiger partial charge is 0.146 e. The highest BCUT2D eigenvalue weighted by molar-refractivity contribution is 9.10. The first-order chi connectivity index (χ1) is 37.8. The van der Waals surface area contributed by atoms with E-state index in [-0.39, 0.29) is 5.75 Å². The van der Waals surface area contributed by atoms with E-state index in [0.717, 1.165) is 132 Å². The monoisotopic (exact) mass is 1060 g/mol. The average Bonchev–Trinajstić information content (AvgIpc) is 4.39. The first-order valence-electron chi connectivity index (χ1n) is 25.3. The number of aromatic nitrogens is 8. The molecule has 11 heteroatoms. The molecule has 77 heavy (non-hydrogen) atoms. The van der Waals surface area contributed by atoms with Gasteiger partial charge in [-0.1, -0.05) is 125 Å². The zero-order valence-corrected chi connectivity index (χ0v) is 43.3. The predicted molar refractivity (Wildman–Crippen MR) is 317 cm³/mol. The molecule has 16 aromatic rings. The van der Waals surface area contributed by atoms with Crippen LogP contribution in [0.15, 0.2) is 235 Å². The summed E-state index contributed by atoms with van der Waals surface area (Å²) < 4.78 is 16.2. The first-order valence-corrected chi connectivity index (χ1v) is 26.1. The van der Waals surface area contributed by atoms with Gasteiger partial charge in [-0.25, -0.2) is 19.9 Å². The van der Waals surface area contributed by atoms with E-state index in [2.05, 4.69) is 142 Å². The van der Waals surface area contributed by atoms with E-state index in [1.165, 1.54) is 5.39 Å². The summed E-state index contributed by atoms with van der Waals surface area (Å²) >= 11 is 3.49.